The molecule has 0 atom stereocenters. The van der Waals surface area contributed by atoms with E-state index in [1.165, 1.54) is 7.05 Å². The molecule has 0 spiro atoms. The van der Waals surface area contributed by atoms with Crippen LogP contribution < -0.4 is 5.73 Å². The summed E-state index contributed by atoms with van der Waals surface area (Å²) in [5.41, 5.74) is 4.87. The number of sulfonamides is 1. The normalized spacial score (nSPS) is 11.2. The van der Waals surface area contributed by atoms with Gasteiger partial charge in [0.15, 0.2) is 0 Å². The highest BCUT2D eigenvalue weighted by Gasteiger charge is 2.23. The molecule has 0 unspecified atom stereocenters. The molecular formula is C10H12N4O4S. The Kier molecular flexibility index (Phi) is 4.42. The fourth-order valence-electron chi connectivity index (χ4n) is 1.37. The third kappa shape index (κ3) is 3.18. The second-order valence-electron chi connectivity index (χ2n) is 3.71. The smallest absolute Gasteiger partial charge is 0.292 e. The van der Waals surface area contributed by atoms with Crippen LogP contribution in [-0.4, -0.2) is 31.2 Å². The zero-order valence-corrected chi connectivity index (χ0v) is 10.9. The summed E-state index contributed by atoms with van der Waals surface area (Å²) in [6.45, 7) is 0.0374. The minimum absolute atomic E-state index is 0.0374. The first-order chi connectivity index (χ1) is 8.80. The summed E-state index contributed by atoms with van der Waals surface area (Å²) in [6, 6.07) is 5.04. The molecule has 0 aliphatic heterocycles. The number of hydrogen-bond donors (Lipinski definition) is 1. The Morgan fingerprint density at radius 3 is 2.63 bits per heavy atom. The number of nitrogen functional groups attached to an aromatic ring is 1. The highest BCUT2D eigenvalue weighted by molar-refractivity contribution is 7.89. The lowest BCUT2D eigenvalue weighted by molar-refractivity contribution is -0.383. The van der Waals surface area contributed by atoms with Gasteiger partial charge in [0.2, 0.25) is 10.0 Å². The van der Waals surface area contributed by atoms with Gasteiger partial charge in [-0.3, -0.25) is 10.1 Å². The summed E-state index contributed by atoms with van der Waals surface area (Å²) >= 11 is 0. The zero-order valence-electron chi connectivity index (χ0n) is 10.1. The van der Waals surface area contributed by atoms with Gasteiger partial charge in [0.25, 0.3) is 5.69 Å². The Morgan fingerprint density at radius 1 is 1.53 bits per heavy atom. The maximum absolute atomic E-state index is 12.1. The number of nitro benzene ring substituents is 1. The monoisotopic (exact) mass is 284 g/mol. The molecule has 0 bridgehead atoms. The summed E-state index contributed by atoms with van der Waals surface area (Å²) in [5, 5.41) is 19.0. The van der Waals surface area contributed by atoms with Gasteiger partial charge in [-0.15, -0.1) is 0 Å². The van der Waals surface area contributed by atoms with Crippen molar-refractivity contribution in [2.45, 2.75) is 11.3 Å². The van der Waals surface area contributed by atoms with Gasteiger partial charge in [0.05, 0.1) is 15.9 Å². The van der Waals surface area contributed by atoms with Crippen LogP contribution in [0.2, 0.25) is 0 Å². The molecule has 9 heteroatoms. The summed E-state index contributed by atoms with van der Waals surface area (Å²) in [4.78, 5) is 9.76. The van der Waals surface area contributed by atoms with Gasteiger partial charge >= 0.3 is 0 Å². The second kappa shape index (κ2) is 5.64. The van der Waals surface area contributed by atoms with E-state index in [9.17, 15) is 18.5 Å². The van der Waals surface area contributed by atoms with E-state index in [-0.39, 0.29) is 29.2 Å². The SMILES string of the molecule is CN(CCC#N)S(=O)(=O)c1ccc([N+](=O)[O-])c(N)c1. The van der Waals surface area contributed by atoms with Gasteiger partial charge in [-0.2, -0.15) is 9.57 Å². The van der Waals surface area contributed by atoms with Gasteiger partial charge in [0.1, 0.15) is 5.69 Å². The number of nitrogens with two attached hydrogens (primary N) is 1. The van der Waals surface area contributed by atoms with E-state index < -0.39 is 14.9 Å². The fraction of sp³-hybridized carbons (Fsp3) is 0.300. The van der Waals surface area contributed by atoms with Crippen molar-refractivity contribution in [1.82, 2.24) is 4.31 Å². The molecule has 0 saturated carbocycles. The molecule has 1 aromatic rings. The molecule has 0 aliphatic rings. The van der Waals surface area contributed by atoms with E-state index in [1.807, 2.05) is 6.07 Å². The third-order valence-electron chi connectivity index (χ3n) is 2.44. The van der Waals surface area contributed by atoms with E-state index in [1.54, 1.807) is 0 Å². The number of hydrogen-bond acceptors (Lipinski definition) is 6. The Balaban J connectivity index is 3.13. The van der Waals surface area contributed by atoms with Gasteiger partial charge in [0, 0.05) is 26.1 Å². The summed E-state index contributed by atoms with van der Waals surface area (Å²) < 4.78 is 25.1. The maximum Gasteiger partial charge on any atom is 0.292 e. The first-order valence-corrected chi connectivity index (χ1v) is 6.62. The van der Waals surface area contributed by atoms with Crippen LogP contribution >= 0.6 is 0 Å². The molecule has 0 aliphatic carbocycles. The number of nitriles is 1. The van der Waals surface area contributed by atoms with Crippen molar-refractivity contribution in [1.29, 1.82) is 5.26 Å². The molecule has 0 amide bonds. The standard InChI is InChI=1S/C10H12N4O4S/c1-13(6-2-5-11)19(17,18)8-3-4-10(14(15)16)9(12)7-8/h3-4,7H,2,6,12H2,1H3. The van der Waals surface area contributed by atoms with Crippen LogP contribution in [-0.2, 0) is 10.0 Å². The van der Waals surface area contributed by atoms with Crippen LogP contribution in [0.4, 0.5) is 11.4 Å². The first kappa shape index (κ1) is 14.9. The maximum atomic E-state index is 12.1. The predicted molar refractivity (Wildman–Crippen MR) is 67.6 cm³/mol. The number of nitro groups is 1. The van der Waals surface area contributed by atoms with Crippen LogP contribution in [0.3, 0.4) is 0 Å². The average molecular weight is 284 g/mol. The van der Waals surface area contributed by atoms with Gasteiger partial charge in [-0.05, 0) is 12.1 Å². The minimum Gasteiger partial charge on any atom is -0.393 e. The van der Waals surface area contributed by atoms with Gasteiger partial charge < -0.3 is 5.73 Å². The van der Waals surface area contributed by atoms with Crippen molar-refractivity contribution in [3.63, 3.8) is 0 Å². The lowest BCUT2D eigenvalue weighted by Gasteiger charge is -2.15. The Hall–Kier alpha value is -2.18. The average Bonchev–Trinajstić information content (AvgIpc) is 2.35. The molecular weight excluding hydrogens is 272 g/mol. The molecule has 8 nitrogen and oxygen atoms in total. The zero-order chi connectivity index (χ0) is 14.6. The van der Waals surface area contributed by atoms with E-state index in [2.05, 4.69) is 0 Å². The summed E-state index contributed by atoms with van der Waals surface area (Å²) in [6.07, 6.45) is 0.0538. The largest absolute Gasteiger partial charge is 0.393 e. The topological polar surface area (TPSA) is 130 Å². The van der Waals surface area contributed by atoms with Crippen LogP contribution in [0.5, 0.6) is 0 Å². The fourth-order valence-corrected chi connectivity index (χ4v) is 2.57. The Morgan fingerprint density at radius 2 is 2.16 bits per heavy atom. The van der Waals surface area contributed by atoms with E-state index >= 15 is 0 Å². The highest BCUT2D eigenvalue weighted by Crippen LogP contribution is 2.25. The number of anilines is 1. The number of nitrogens with zero attached hydrogens (tertiary/aromatic N) is 3. The highest BCUT2D eigenvalue weighted by atomic mass is 32.2. The molecule has 102 valence electrons. The Bertz CT molecular complexity index is 635. The molecule has 0 fully saturated rings. The van der Waals surface area contributed by atoms with Crippen LogP contribution in [0.25, 0.3) is 0 Å². The van der Waals surface area contributed by atoms with Crippen molar-refractivity contribution >= 4 is 21.4 Å². The van der Waals surface area contributed by atoms with E-state index in [4.69, 9.17) is 11.0 Å². The van der Waals surface area contributed by atoms with E-state index in [0.717, 1.165) is 22.5 Å². The molecule has 0 saturated heterocycles. The predicted octanol–water partition coefficient (Wildman–Crippen LogP) is 0.711. The minimum atomic E-state index is -3.80. The molecule has 0 aromatic heterocycles. The van der Waals surface area contributed by atoms with Crippen molar-refractivity contribution in [2.75, 3.05) is 19.3 Å². The lowest BCUT2D eigenvalue weighted by atomic mass is 10.3. The lowest BCUT2D eigenvalue weighted by Crippen LogP contribution is -2.27. The number of benzene rings is 1. The first-order valence-electron chi connectivity index (χ1n) is 5.18. The number of rotatable bonds is 5. The van der Waals surface area contributed by atoms with E-state index in [0.29, 0.717) is 0 Å². The summed E-state index contributed by atoms with van der Waals surface area (Å²) in [5.74, 6) is 0. The van der Waals surface area contributed by atoms with Crippen molar-refractivity contribution in [2.24, 2.45) is 0 Å². The molecule has 2 N–H and O–H groups in total. The van der Waals surface area contributed by atoms with Crippen molar-refractivity contribution in [3.8, 4) is 6.07 Å². The second-order valence-corrected chi connectivity index (χ2v) is 5.76. The summed E-state index contributed by atoms with van der Waals surface area (Å²) in [7, 11) is -2.47. The van der Waals surface area contributed by atoms with Crippen LogP contribution in [0.1, 0.15) is 6.42 Å². The molecule has 0 heterocycles. The molecule has 1 aromatic carbocycles. The van der Waals surface area contributed by atoms with Crippen LogP contribution in [0.15, 0.2) is 23.1 Å². The molecule has 1 rings (SSSR count). The van der Waals surface area contributed by atoms with Crippen LogP contribution in [0, 0.1) is 21.4 Å². The molecule has 19 heavy (non-hydrogen) atoms. The van der Waals surface area contributed by atoms with Gasteiger partial charge in [-0.1, -0.05) is 0 Å². The van der Waals surface area contributed by atoms with Crippen molar-refractivity contribution < 1.29 is 13.3 Å². The Labute approximate surface area is 110 Å². The molecule has 0 radical (unpaired) electrons. The quantitative estimate of drug-likeness (QED) is 0.481. The van der Waals surface area contributed by atoms with Crippen molar-refractivity contribution in [3.05, 3.63) is 28.3 Å². The third-order valence-corrected chi connectivity index (χ3v) is 4.30. The van der Waals surface area contributed by atoms with Gasteiger partial charge in [-0.25, -0.2) is 8.42 Å².